The summed E-state index contributed by atoms with van der Waals surface area (Å²) in [6, 6.07) is 0.261. The van der Waals surface area contributed by atoms with E-state index in [2.05, 4.69) is 15.0 Å². The fourth-order valence-electron chi connectivity index (χ4n) is 2.36. The summed E-state index contributed by atoms with van der Waals surface area (Å²) in [6.45, 7) is 6.92. The lowest BCUT2D eigenvalue weighted by Crippen LogP contribution is -2.47. The van der Waals surface area contributed by atoms with Crippen LogP contribution in [0.4, 0.5) is 10.7 Å². The SMILES string of the molecule is CN(c1ncnc(Cl)n1)C1CCN(C(=O)OC(C)(C)C)CC1. The third-order valence-electron chi connectivity index (χ3n) is 3.51. The smallest absolute Gasteiger partial charge is 0.410 e. The Labute approximate surface area is 135 Å². The first-order chi connectivity index (χ1) is 10.3. The minimum absolute atomic E-state index is 0.183. The van der Waals surface area contributed by atoms with Gasteiger partial charge in [0, 0.05) is 26.2 Å². The summed E-state index contributed by atoms with van der Waals surface area (Å²) in [5, 5.41) is 0.183. The van der Waals surface area contributed by atoms with E-state index in [4.69, 9.17) is 16.3 Å². The predicted octanol–water partition coefficient (Wildman–Crippen LogP) is 2.36. The van der Waals surface area contributed by atoms with Gasteiger partial charge in [0.15, 0.2) is 0 Å². The molecule has 0 spiro atoms. The van der Waals surface area contributed by atoms with Crippen molar-refractivity contribution in [1.82, 2.24) is 19.9 Å². The minimum atomic E-state index is -0.466. The van der Waals surface area contributed by atoms with Gasteiger partial charge in [0.25, 0.3) is 0 Å². The molecule has 22 heavy (non-hydrogen) atoms. The first-order valence-electron chi connectivity index (χ1n) is 7.31. The highest BCUT2D eigenvalue weighted by Gasteiger charge is 2.29. The third-order valence-corrected chi connectivity index (χ3v) is 3.69. The van der Waals surface area contributed by atoms with Gasteiger partial charge in [-0.3, -0.25) is 0 Å². The molecule has 1 amide bonds. The molecule has 0 N–H and O–H groups in total. The molecule has 1 aromatic rings. The molecule has 2 heterocycles. The first-order valence-corrected chi connectivity index (χ1v) is 7.69. The van der Waals surface area contributed by atoms with Gasteiger partial charge in [0.05, 0.1) is 0 Å². The van der Waals surface area contributed by atoms with E-state index in [1.165, 1.54) is 6.33 Å². The van der Waals surface area contributed by atoms with Gasteiger partial charge < -0.3 is 14.5 Å². The number of aromatic nitrogens is 3. The van der Waals surface area contributed by atoms with Crippen molar-refractivity contribution in [2.24, 2.45) is 0 Å². The first kappa shape index (κ1) is 16.7. The molecule has 0 atom stereocenters. The number of carbonyl (C=O) groups excluding carboxylic acids is 1. The van der Waals surface area contributed by atoms with E-state index in [0.717, 1.165) is 12.8 Å². The quantitative estimate of drug-likeness (QED) is 0.830. The van der Waals surface area contributed by atoms with Gasteiger partial charge in [-0.15, -0.1) is 0 Å². The second-order valence-electron chi connectivity index (χ2n) is 6.36. The van der Waals surface area contributed by atoms with Crippen LogP contribution in [0.25, 0.3) is 0 Å². The molecule has 0 aliphatic carbocycles. The molecule has 122 valence electrons. The van der Waals surface area contributed by atoms with E-state index in [1.807, 2.05) is 32.7 Å². The van der Waals surface area contributed by atoms with Crippen molar-refractivity contribution < 1.29 is 9.53 Å². The zero-order valence-corrected chi connectivity index (χ0v) is 14.2. The number of amides is 1. The van der Waals surface area contributed by atoms with Gasteiger partial charge in [-0.2, -0.15) is 4.98 Å². The standard InChI is InChI=1S/C14H22ClN5O2/c1-14(2,3)22-13(21)20-7-5-10(6-8-20)19(4)12-17-9-16-11(15)18-12/h9-10H,5-8H2,1-4H3. The van der Waals surface area contributed by atoms with Gasteiger partial charge >= 0.3 is 6.09 Å². The summed E-state index contributed by atoms with van der Waals surface area (Å²) in [4.78, 5) is 27.8. The number of carbonyl (C=O) groups is 1. The second-order valence-corrected chi connectivity index (χ2v) is 6.70. The Hall–Kier alpha value is -1.63. The molecule has 0 unspecified atom stereocenters. The lowest BCUT2D eigenvalue weighted by atomic mass is 10.0. The summed E-state index contributed by atoms with van der Waals surface area (Å²) in [5.41, 5.74) is -0.466. The predicted molar refractivity (Wildman–Crippen MR) is 84.1 cm³/mol. The van der Waals surface area contributed by atoms with E-state index < -0.39 is 5.60 Å². The average Bonchev–Trinajstić information content (AvgIpc) is 2.45. The van der Waals surface area contributed by atoms with Crippen molar-refractivity contribution in [1.29, 1.82) is 0 Å². The molecule has 0 aromatic carbocycles. The fourth-order valence-corrected chi connectivity index (χ4v) is 2.48. The lowest BCUT2D eigenvalue weighted by molar-refractivity contribution is 0.0205. The Kier molecular flexibility index (Phi) is 5.05. The zero-order valence-electron chi connectivity index (χ0n) is 13.4. The van der Waals surface area contributed by atoms with Crippen molar-refractivity contribution in [3.05, 3.63) is 11.6 Å². The van der Waals surface area contributed by atoms with E-state index >= 15 is 0 Å². The van der Waals surface area contributed by atoms with Gasteiger partial charge in [0.1, 0.15) is 11.9 Å². The number of halogens is 1. The third kappa shape index (κ3) is 4.43. The van der Waals surface area contributed by atoms with E-state index in [1.54, 1.807) is 4.90 Å². The highest BCUT2D eigenvalue weighted by atomic mass is 35.5. The topological polar surface area (TPSA) is 71.5 Å². The number of nitrogens with zero attached hydrogens (tertiary/aromatic N) is 5. The highest BCUT2D eigenvalue weighted by Crippen LogP contribution is 2.21. The summed E-state index contributed by atoms with van der Waals surface area (Å²) in [5.74, 6) is 0.552. The fraction of sp³-hybridized carbons (Fsp3) is 0.714. The van der Waals surface area contributed by atoms with Crippen LogP contribution in [0.2, 0.25) is 5.28 Å². The summed E-state index contributed by atoms with van der Waals surface area (Å²) in [7, 11) is 1.93. The summed E-state index contributed by atoms with van der Waals surface area (Å²) < 4.78 is 5.40. The molecule has 1 saturated heterocycles. The molecule has 1 aliphatic heterocycles. The van der Waals surface area contributed by atoms with Crippen LogP contribution in [0.1, 0.15) is 33.6 Å². The molecule has 8 heteroatoms. The maximum Gasteiger partial charge on any atom is 0.410 e. The minimum Gasteiger partial charge on any atom is -0.444 e. The van der Waals surface area contributed by atoms with Crippen molar-refractivity contribution in [2.45, 2.75) is 45.3 Å². The van der Waals surface area contributed by atoms with E-state index in [0.29, 0.717) is 19.0 Å². The molecular weight excluding hydrogens is 306 g/mol. The van der Waals surface area contributed by atoms with Crippen LogP contribution < -0.4 is 4.90 Å². The number of rotatable bonds is 2. The van der Waals surface area contributed by atoms with Crippen LogP contribution in [0.3, 0.4) is 0 Å². The van der Waals surface area contributed by atoms with Crippen molar-refractivity contribution in [2.75, 3.05) is 25.0 Å². The van der Waals surface area contributed by atoms with Crippen LogP contribution in [0.5, 0.6) is 0 Å². The molecular formula is C14H22ClN5O2. The van der Waals surface area contributed by atoms with Crippen LogP contribution in [-0.4, -0.2) is 57.7 Å². The summed E-state index contributed by atoms with van der Waals surface area (Å²) >= 11 is 5.80. The molecule has 1 aromatic heterocycles. The van der Waals surface area contributed by atoms with Crippen molar-refractivity contribution in [3.8, 4) is 0 Å². The monoisotopic (exact) mass is 327 g/mol. The lowest BCUT2D eigenvalue weighted by Gasteiger charge is -2.37. The Bertz CT molecular complexity index is 526. The molecule has 0 bridgehead atoms. The second kappa shape index (κ2) is 6.64. The van der Waals surface area contributed by atoms with Crippen LogP contribution in [-0.2, 0) is 4.74 Å². The van der Waals surface area contributed by atoms with Crippen molar-refractivity contribution in [3.63, 3.8) is 0 Å². The van der Waals surface area contributed by atoms with Crippen LogP contribution in [0, 0.1) is 0 Å². The largest absolute Gasteiger partial charge is 0.444 e. The van der Waals surface area contributed by atoms with Crippen LogP contribution in [0.15, 0.2) is 6.33 Å². The molecule has 7 nitrogen and oxygen atoms in total. The number of ether oxygens (including phenoxy) is 1. The maximum absolute atomic E-state index is 12.0. The molecule has 0 radical (unpaired) electrons. The van der Waals surface area contributed by atoms with Gasteiger partial charge in [-0.1, -0.05) is 0 Å². The van der Waals surface area contributed by atoms with Gasteiger partial charge in [-0.25, -0.2) is 14.8 Å². The van der Waals surface area contributed by atoms with E-state index in [9.17, 15) is 4.79 Å². The maximum atomic E-state index is 12.0. The highest BCUT2D eigenvalue weighted by molar-refractivity contribution is 6.28. The van der Waals surface area contributed by atoms with Gasteiger partial charge in [0.2, 0.25) is 11.2 Å². The number of anilines is 1. The normalized spacial score (nSPS) is 16.5. The van der Waals surface area contributed by atoms with Crippen molar-refractivity contribution >= 4 is 23.6 Å². The molecule has 0 saturated carbocycles. The molecule has 1 fully saturated rings. The number of piperidine rings is 1. The Balaban J connectivity index is 1.90. The summed E-state index contributed by atoms with van der Waals surface area (Å²) in [6.07, 6.45) is 2.81. The van der Waals surface area contributed by atoms with E-state index in [-0.39, 0.29) is 17.4 Å². The zero-order chi connectivity index (χ0) is 16.3. The Morgan fingerprint density at radius 1 is 1.36 bits per heavy atom. The number of likely N-dealkylation sites (tertiary alicyclic amines) is 1. The molecule has 1 aliphatic rings. The number of hydrogen-bond acceptors (Lipinski definition) is 6. The van der Waals surface area contributed by atoms with Crippen LogP contribution >= 0.6 is 11.6 Å². The Morgan fingerprint density at radius 2 is 2.00 bits per heavy atom. The van der Waals surface area contributed by atoms with Gasteiger partial charge in [-0.05, 0) is 45.2 Å². The average molecular weight is 328 g/mol. The Morgan fingerprint density at radius 3 is 2.55 bits per heavy atom. The number of hydrogen-bond donors (Lipinski definition) is 0. The molecule has 2 rings (SSSR count).